The zero-order valence-electron chi connectivity index (χ0n) is 20.8. The maximum absolute atomic E-state index is 13.7. The second-order valence-electron chi connectivity index (χ2n) is 9.18. The lowest BCUT2D eigenvalue weighted by molar-refractivity contribution is -0.136. The first-order valence-electron chi connectivity index (χ1n) is 12.4. The molecule has 3 heterocycles. The van der Waals surface area contributed by atoms with E-state index in [4.69, 9.17) is 14.2 Å². The van der Waals surface area contributed by atoms with Crippen molar-refractivity contribution in [3.63, 3.8) is 0 Å². The topological polar surface area (TPSA) is 68.3 Å². The molecule has 0 fully saturated rings. The Morgan fingerprint density at radius 3 is 2.73 bits per heavy atom. The van der Waals surface area contributed by atoms with E-state index < -0.39 is 0 Å². The summed E-state index contributed by atoms with van der Waals surface area (Å²) in [6, 6.07) is 12.5. The van der Waals surface area contributed by atoms with Crippen molar-refractivity contribution < 1.29 is 28.2 Å². The molecule has 0 spiro atoms. The fourth-order valence-corrected chi connectivity index (χ4v) is 5.59. The van der Waals surface area contributed by atoms with Gasteiger partial charge in [-0.1, -0.05) is 6.92 Å². The van der Waals surface area contributed by atoms with Gasteiger partial charge in [-0.25, -0.2) is 4.39 Å². The Bertz CT molecular complexity index is 1280. The van der Waals surface area contributed by atoms with Gasteiger partial charge in [0.1, 0.15) is 24.7 Å². The van der Waals surface area contributed by atoms with Crippen molar-refractivity contribution in [3.05, 3.63) is 75.7 Å². The first-order chi connectivity index (χ1) is 17.9. The maximum atomic E-state index is 13.7. The quantitative estimate of drug-likeness (QED) is 0.412. The molecule has 0 bridgehead atoms. The van der Waals surface area contributed by atoms with Crippen molar-refractivity contribution >= 4 is 23.2 Å². The zero-order chi connectivity index (χ0) is 25.9. The highest BCUT2D eigenvalue weighted by Crippen LogP contribution is 2.35. The van der Waals surface area contributed by atoms with Crippen LogP contribution in [0.2, 0.25) is 0 Å². The van der Waals surface area contributed by atoms with Crippen molar-refractivity contribution in [1.82, 2.24) is 9.80 Å². The van der Waals surface area contributed by atoms with Gasteiger partial charge in [0.15, 0.2) is 11.5 Å². The number of benzene rings is 2. The van der Waals surface area contributed by atoms with Gasteiger partial charge in [-0.3, -0.25) is 9.59 Å². The van der Waals surface area contributed by atoms with Crippen LogP contribution in [0.3, 0.4) is 0 Å². The van der Waals surface area contributed by atoms with E-state index in [0.717, 1.165) is 12.0 Å². The number of amides is 2. The van der Waals surface area contributed by atoms with Crippen LogP contribution in [0.4, 0.5) is 4.39 Å². The molecule has 2 amide bonds. The third kappa shape index (κ3) is 5.27. The molecule has 0 unspecified atom stereocenters. The number of carbonyl (C=O) groups is 2. The lowest BCUT2D eigenvalue weighted by atomic mass is 10.00. The van der Waals surface area contributed by atoms with E-state index >= 15 is 0 Å². The van der Waals surface area contributed by atoms with Crippen LogP contribution in [0.5, 0.6) is 17.2 Å². The number of ether oxygens (including phenoxy) is 3. The van der Waals surface area contributed by atoms with Crippen LogP contribution < -0.4 is 14.2 Å². The zero-order valence-corrected chi connectivity index (χ0v) is 21.6. The molecule has 1 aromatic heterocycles. The van der Waals surface area contributed by atoms with Gasteiger partial charge in [-0.2, -0.15) is 0 Å². The number of thiophene rings is 1. The summed E-state index contributed by atoms with van der Waals surface area (Å²) in [6.07, 6.45) is 1.46. The normalized spacial score (nSPS) is 16.7. The molecule has 7 nitrogen and oxygen atoms in total. The van der Waals surface area contributed by atoms with Gasteiger partial charge >= 0.3 is 0 Å². The van der Waals surface area contributed by atoms with Gasteiger partial charge < -0.3 is 24.0 Å². The highest BCUT2D eigenvalue weighted by molar-refractivity contribution is 7.10. The summed E-state index contributed by atoms with van der Waals surface area (Å²) < 4.78 is 30.1. The summed E-state index contributed by atoms with van der Waals surface area (Å²) in [6.45, 7) is 4.79. The largest absolute Gasteiger partial charge is 0.491 e. The highest BCUT2D eigenvalue weighted by Gasteiger charge is 2.34. The van der Waals surface area contributed by atoms with E-state index in [1.54, 1.807) is 51.5 Å². The minimum absolute atomic E-state index is 0.0468. The van der Waals surface area contributed by atoms with Crippen LogP contribution >= 0.6 is 11.3 Å². The molecule has 194 valence electrons. The van der Waals surface area contributed by atoms with Crippen LogP contribution in [0, 0.1) is 5.82 Å². The molecule has 2 aliphatic rings. The standard InChI is InChI=1S/C28H29FN2O5S/c1-3-18(2)31(28(33)19-4-9-24-25(14-19)36-17-35-24)15-27(32)30-12-10-26-22(11-13-37-26)23(30)16-34-21-7-5-20(29)6-8-21/h4-9,11,13-14,18,23H,3,10,12,15-17H2,1-2H3/t18-,23-/m1/s1. The molecule has 0 aliphatic carbocycles. The van der Waals surface area contributed by atoms with Crippen molar-refractivity contribution in [3.8, 4) is 17.2 Å². The predicted octanol–water partition coefficient (Wildman–Crippen LogP) is 5.06. The first kappa shape index (κ1) is 25.1. The number of rotatable bonds is 8. The second kappa shape index (κ2) is 10.8. The number of hydrogen-bond acceptors (Lipinski definition) is 6. The third-order valence-corrected chi connectivity index (χ3v) is 7.94. The Labute approximate surface area is 219 Å². The molecule has 37 heavy (non-hydrogen) atoms. The maximum Gasteiger partial charge on any atom is 0.254 e. The summed E-state index contributed by atoms with van der Waals surface area (Å²) in [7, 11) is 0. The molecule has 2 aliphatic heterocycles. The van der Waals surface area contributed by atoms with Gasteiger partial charge in [0.05, 0.1) is 6.04 Å². The average molecular weight is 525 g/mol. The third-order valence-electron chi connectivity index (χ3n) is 6.95. The summed E-state index contributed by atoms with van der Waals surface area (Å²) in [5.41, 5.74) is 1.51. The predicted molar refractivity (Wildman–Crippen MR) is 138 cm³/mol. The number of carbonyl (C=O) groups excluding carboxylic acids is 2. The molecule has 9 heteroatoms. The van der Waals surface area contributed by atoms with E-state index in [9.17, 15) is 14.0 Å². The lowest BCUT2D eigenvalue weighted by Gasteiger charge is -2.38. The molecule has 0 saturated carbocycles. The molecule has 2 atom stereocenters. The Kier molecular flexibility index (Phi) is 7.32. The highest BCUT2D eigenvalue weighted by atomic mass is 32.1. The Balaban J connectivity index is 1.35. The molecule has 0 saturated heterocycles. The van der Waals surface area contributed by atoms with Crippen LogP contribution in [0.1, 0.15) is 47.1 Å². The monoisotopic (exact) mass is 524 g/mol. The number of fused-ring (bicyclic) bond motifs is 2. The van der Waals surface area contributed by atoms with Gasteiger partial charge in [0.2, 0.25) is 12.7 Å². The van der Waals surface area contributed by atoms with E-state index in [2.05, 4.69) is 0 Å². The first-order valence-corrected chi connectivity index (χ1v) is 13.3. The Morgan fingerprint density at radius 2 is 1.95 bits per heavy atom. The number of hydrogen-bond donors (Lipinski definition) is 0. The van der Waals surface area contributed by atoms with Gasteiger partial charge in [-0.05, 0) is 79.2 Å². The van der Waals surface area contributed by atoms with E-state index in [-0.39, 0.29) is 49.7 Å². The van der Waals surface area contributed by atoms with E-state index in [0.29, 0.717) is 35.8 Å². The van der Waals surface area contributed by atoms with Gasteiger partial charge in [-0.15, -0.1) is 11.3 Å². The summed E-state index contributed by atoms with van der Waals surface area (Å²) in [4.78, 5) is 31.9. The fraction of sp³-hybridized carbons (Fsp3) is 0.357. The number of nitrogens with zero attached hydrogens (tertiary/aromatic N) is 2. The second-order valence-corrected chi connectivity index (χ2v) is 10.2. The van der Waals surface area contributed by atoms with E-state index in [1.807, 2.05) is 25.3 Å². The molecule has 0 radical (unpaired) electrons. The van der Waals surface area contributed by atoms with Gasteiger partial charge in [0, 0.05) is 23.0 Å². The van der Waals surface area contributed by atoms with Crippen molar-refractivity contribution in [2.24, 2.45) is 0 Å². The molecular formula is C28H29FN2O5S. The van der Waals surface area contributed by atoms with Crippen LogP contribution in [0.25, 0.3) is 0 Å². The summed E-state index contributed by atoms with van der Waals surface area (Å²) in [5, 5.41) is 2.03. The smallest absolute Gasteiger partial charge is 0.254 e. The fourth-order valence-electron chi connectivity index (χ4n) is 4.66. The number of halogens is 1. The molecule has 0 N–H and O–H groups in total. The average Bonchev–Trinajstić information content (AvgIpc) is 3.59. The Hall–Kier alpha value is -3.59. The van der Waals surface area contributed by atoms with Crippen molar-refractivity contribution in [2.75, 3.05) is 26.5 Å². The van der Waals surface area contributed by atoms with Crippen LogP contribution in [-0.4, -0.2) is 54.1 Å². The molecular weight excluding hydrogens is 495 g/mol. The van der Waals surface area contributed by atoms with Crippen molar-refractivity contribution in [2.45, 2.75) is 38.8 Å². The molecule has 2 aromatic carbocycles. The van der Waals surface area contributed by atoms with E-state index in [1.165, 1.54) is 17.0 Å². The summed E-state index contributed by atoms with van der Waals surface area (Å²) in [5.74, 6) is 0.966. The molecule has 3 aromatic rings. The van der Waals surface area contributed by atoms with Crippen molar-refractivity contribution in [1.29, 1.82) is 0 Å². The minimum Gasteiger partial charge on any atom is -0.491 e. The lowest BCUT2D eigenvalue weighted by Crippen LogP contribution is -2.49. The van der Waals surface area contributed by atoms with Crippen LogP contribution in [0.15, 0.2) is 53.9 Å². The van der Waals surface area contributed by atoms with Gasteiger partial charge in [0.25, 0.3) is 5.91 Å². The van der Waals surface area contributed by atoms with Crippen LogP contribution in [-0.2, 0) is 11.2 Å². The molecule has 5 rings (SSSR count). The Morgan fingerprint density at radius 1 is 1.16 bits per heavy atom. The summed E-state index contributed by atoms with van der Waals surface area (Å²) >= 11 is 1.67. The SMILES string of the molecule is CC[C@@H](C)N(CC(=O)N1CCc2sccc2[C@H]1COc1ccc(F)cc1)C(=O)c1ccc2c(c1)OCO2. The minimum atomic E-state index is -0.334.